The van der Waals surface area contributed by atoms with Crippen molar-refractivity contribution in [2.45, 2.75) is 13.0 Å². The lowest BCUT2D eigenvalue weighted by atomic mass is 10.4. The molecule has 0 saturated heterocycles. The molecular formula is C4H10N2O. The second-order valence-electron chi connectivity index (χ2n) is 1.50. The van der Waals surface area contributed by atoms with E-state index in [2.05, 4.69) is 5.32 Å². The van der Waals surface area contributed by atoms with Crippen molar-refractivity contribution in [2.24, 2.45) is 5.73 Å². The molecule has 3 nitrogen and oxygen atoms in total. The van der Waals surface area contributed by atoms with Crippen LogP contribution < -0.4 is 11.1 Å². The average molecular weight is 102 g/mol. The molecule has 0 bridgehead atoms. The average Bonchev–Trinajstić information content (AvgIpc) is 1.61. The zero-order valence-electron chi connectivity index (χ0n) is 4.35. The predicted octanol–water partition coefficient (Wildman–Crippen LogP) is -0.920. The number of carbonyl (C=O) groups is 1. The van der Waals surface area contributed by atoms with Gasteiger partial charge in [-0.3, -0.25) is 4.79 Å². The van der Waals surface area contributed by atoms with Crippen molar-refractivity contribution in [1.29, 1.82) is 0 Å². The third-order valence-corrected chi connectivity index (χ3v) is 0.523. The summed E-state index contributed by atoms with van der Waals surface area (Å²) in [5.41, 5.74) is 5.26. The molecule has 0 saturated carbocycles. The molecule has 0 fully saturated rings. The molecule has 0 aromatic rings. The molecule has 1 atom stereocenters. The zero-order chi connectivity index (χ0) is 5.70. The van der Waals surface area contributed by atoms with Gasteiger partial charge >= 0.3 is 0 Å². The summed E-state index contributed by atoms with van der Waals surface area (Å²) < 4.78 is 0. The van der Waals surface area contributed by atoms with Gasteiger partial charge < -0.3 is 11.1 Å². The van der Waals surface area contributed by atoms with Crippen LogP contribution in [0.5, 0.6) is 0 Å². The number of hydrogen-bond acceptors (Lipinski definition) is 2. The van der Waals surface area contributed by atoms with E-state index in [4.69, 9.17) is 5.73 Å². The number of amides is 1. The van der Waals surface area contributed by atoms with Crippen molar-refractivity contribution < 1.29 is 4.79 Å². The van der Waals surface area contributed by atoms with E-state index in [-0.39, 0.29) is 6.04 Å². The molecule has 42 valence electrons. The van der Waals surface area contributed by atoms with Crippen LogP contribution in [0.1, 0.15) is 6.92 Å². The van der Waals surface area contributed by atoms with Gasteiger partial charge in [-0.05, 0) is 6.92 Å². The first-order valence-corrected chi connectivity index (χ1v) is 2.20. The first-order chi connectivity index (χ1) is 3.27. The van der Waals surface area contributed by atoms with Gasteiger partial charge in [-0.2, -0.15) is 0 Å². The van der Waals surface area contributed by atoms with E-state index in [1.807, 2.05) is 6.92 Å². The highest BCUT2D eigenvalue weighted by atomic mass is 16.1. The molecule has 0 aliphatic carbocycles. The number of nitrogens with one attached hydrogen (secondary N) is 1. The number of hydrogen-bond donors (Lipinski definition) is 2. The molecular weight excluding hydrogens is 92.1 g/mol. The van der Waals surface area contributed by atoms with Gasteiger partial charge in [-0.25, -0.2) is 0 Å². The van der Waals surface area contributed by atoms with Gasteiger partial charge in [-0.1, -0.05) is 0 Å². The number of carbonyl (C=O) groups excluding carboxylic acids is 1. The van der Waals surface area contributed by atoms with Crippen LogP contribution in [0.2, 0.25) is 0 Å². The van der Waals surface area contributed by atoms with Crippen molar-refractivity contribution in [1.82, 2.24) is 5.32 Å². The van der Waals surface area contributed by atoms with E-state index in [1.165, 1.54) is 0 Å². The van der Waals surface area contributed by atoms with Crippen LogP contribution in [0, 0.1) is 0 Å². The van der Waals surface area contributed by atoms with E-state index in [0.717, 1.165) is 0 Å². The Morgan fingerprint density at radius 2 is 2.57 bits per heavy atom. The van der Waals surface area contributed by atoms with Crippen LogP contribution in [0.25, 0.3) is 0 Å². The smallest absolute Gasteiger partial charge is 0.207 e. The van der Waals surface area contributed by atoms with Gasteiger partial charge in [0.05, 0.1) is 0 Å². The Labute approximate surface area is 42.9 Å². The Morgan fingerprint density at radius 1 is 2.00 bits per heavy atom. The molecule has 0 heterocycles. The summed E-state index contributed by atoms with van der Waals surface area (Å²) in [4.78, 5) is 9.54. The topological polar surface area (TPSA) is 55.1 Å². The lowest BCUT2D eigenvalue weighted by molar-refractivity contribution is -0.109. The van der Waals surface area contributed by atoms with Crippen molar-refractivity contribution in [3.8, 4) is 0 Å². The first kappa shape index (κ1) is 6.43. The molecule has 0 spiro atoms. The Kier molecular flexibility index (Phi) is 3.32. The normalized spacial score (nSPS) is 12.9. The van der Waals surface area contributed by atoms with Gasteiger partial charge in [0.25, 0.3) is 0 Å². The van der Waals surface area contributed by atoms with Crippen LogP contribution >= 0.6 is 0 Å². The van der Waals surface area contributed by atoms with Crippen LogP contribution in [-0.4, -0.2) is 19.0 Å². The number of nitrogens with two attached hydrogens (primary N) is 1. The highest BCUT2D eigenvalue weighted by Gasteiger charge is 1.86. The largest absolute Gasteiger partial charge is 0.357 e. The first-order valence-electron chi connectivity index (χ1n) is 2.20. The van der Waals surface area contributed by atoms with E-state index in [9.17, 15) is 4.79 Å². The SMILES string of the molecule is CC(N)CNC=O. The molecule has 0 aromatic heterocycles. The predicted molar refractivity (Wildman–Crippen MR) is 27.7 cm³/mol. The summed E-state index contributed by atoms with van der Waals surface area (Å²) in [6.07, 6.45) is 0.642. The van der Waals surface area contributed by atoms with E-state index < -0.39 is 0 Å². The summed E-state index contributed by atoms with van der Waals surface area (Å²) in [6, 6.07) is 0.0604. The highest BCUT2D eigenvalue weighted by molar-refractivity contribution is 5.45. The minimum Gasteiger partial charge on any atom is -0.357 e. The van der Waals surface area contributed by atoms with E-state index >= 15 is 0 Å². The maximum absolute atomic E-state index is 9.54. The fourth-order valence-electron chi connectivity index (χ4n) is 0.234. The third kappa shape index (κ3) is 5.43. The van der Waals surface area contributed by atoms with Crippen LogP contribution in [0.4, 0.5) is 0 Å². The fraction of sp³-hybridized carbons (Fsp3) is 0.750. The third-order valence-electron chi connectivity index (χ3n) is 0.523. The minimum absolute atomic E-state index is 0.0604. The molecule has 3 N–H and O–H groups in total. The molecule has 3 heteroatoms. The van der Waals surface area contributed by atoms with Crippen LogP contribution in [-0.2, 0) is 4.79 Å². The van der Waals surface area contributed by atoms with Crippen molar-refractivity contribution in [3.05, 3.63) is 0 Å². The maximum atomic E-state index is 9.54. The maximum Gasteiger partial charge on any atom is 0.207 e. The number of rotatable bonds is 3. The minimum atomic E-state index is 0.0604. The molecule has 0 aliphatic rings. The molecule has 0 rings (SSSR count). The Balaban J connectivity index is 2.81. The second-order valence-corrected chi connectivity index (χ2v) is 1.50. The van der Waals surface area contributed by atoms with Crippen LogP contribution in [0.3, 0.4) is 0 Å². The van der Waals surface area contributed by atoms with Gasteiger partial charge in [0.15, 0.2) is 0 Å². The van der Waals surface area contributed by atoms with Gasteiger partial charge in [0, 0.05) is 12.6 Å². The molecule has 1 amide bonds. The van der Waals surface area contributed by atoms with E-state index in [1.54, 1.807) is 0 Å². The molecule has 7 heavy (non-hydrogen) atoms. The Morgan fingerprint density at radius 3 is 2.71 bits per heavy atom. The quantitative estimate of drug-likeness (QED) is 0.453. The summed E-state index contributed by atoms with van der Waals surface area (Å²) >= 11 is 0. The van der Waals surface area contributed by atoms with Crippen LogP contribution in [0.15, 0.2) is 0 Å². The molecule has 0 aliphatic heterocycles. The van der Waals surface area contributed by atoms with Crippen molar-refractivity contribution in [2.75, 3.05) is 6.54 Å². The highest BCUT2D eigenvalue weighted by Crippen LogP contribution is 1.64. The van der Waals surface area contributed by atoms with Gasteiger partial charge in [0.2, 0.25) is 6.41 Å². The fourth-order valence-corrected chi connectivity index (χ4v) is 0.234. The zero-order valence-corrected chi connectivity index (χ0v) is 4.35. The van der Waals surface area contributed by atoms with Gasteiger partial charge in [0.1, 0.15) is 0 Å². The van der Waals surface area contributed by atoms with E-state index in [0.29, 0.717) is 13.0 Å². The standard InChI is InChI=1S/C4H10N2O/c1-4(5)2-6-3-7/h3-4H,2,5H2,1H3,(H,6,7). The monoisotopic (exact) mass is 102 g/mol. The summed E-state index contributed by atoms with van der Waals surface area (Å²) in [5, 5.41) is 2.44. The molecule has 0 aromatic carbocycles. The summed E-state index contributed by atoms with van der Waals surface area (Å²) in [7, 11) is 0. The Bertz CT molecular complexity index is 53.7. The second kappa shape index (κ2) is 3.61. The lowest BCUT2D eigenvalue weighted by Crippen LogP contribution is -2.29. The molecule has 1 unspecified atom stereocenters. The summed E-state index contributed by atoms with van der Waals surface area (Å²) in [5.74, 6) is 0. The van der Waals surface area contributed by atoms with Crippen molar-refractivity contribution >= 4 is 6.41 Å². The lowest BCUT2D eigenvalue weighted by Gasteiger charge is -1.99. The van der Waals surface area contributed by atoms with Gasteiger partial charge in [-0.15, -0.1) is 0 Å². The Hall–Kier alpha value is -0.570. The van der Waals surface area contributed by atoms with Crippen molar-refractivity contribution in [3.63, 3.8) is 0 Å². The molecule has 0 radical (unpaired) electrons. The summed E-state index contributed by atoms with van der Waals surface area (Å²) in [6.45, 7) is 2.39.